The molecule has 0 atom stereocenters. The third-order valence-electron chi connectivity index (χ3n) is 6.95. The summed E-state index contributed by atoms with van der Waals surface area (Å²) >= 11 is 1.61. The molecular formula is C24H38N4O3S. The van der Waals surface area contributed by atoms with Crippen LogP contribution in [0.25, 0.3) is 0 Å². The molecule has 2 saturated carbocycles. The highest BCUT2D eigenvalue weighted by Crippen LogP contribution is 2.36. The SMILES string of the molecule is CCCCCNC(=O)ON1CCC(c2nc(C(=O)N(C3CCCCC3)C3CC3)cs2)CC1. The molecule has 0 radical (unpaired) electrons. The molecule has 8 heteroatoms. The smallest absolute Gasteiger partial charge is 0.351 e. The second-order valence-electron chi connectivity index (χ2n) is 9.52. The molecule has 2 amide bonds. The number of unbranched alkanes of at least 4 members (excludes halogenated alkanes) is 2. The number of hydrogen-bond acceptors (Lipinski definition) is 6. The summed E-state index contributed by atoms with van der Waals surface area (Å²) < 4.78 is 0. The summed E-state index contributed by atoms with van der Waals surface area (Å²) in [5.74, 6) is 0.473. The van der Waals surface area contributed by atoms with Crippen molar-refractivity contribution in [2.24, 2.45) is 0 Å². The summed E-state index contributed by atoms with van der Waals surface area (Å²) in [5.41, 5.74) is 0.632. The Morgan fingerprint density at radius 3 is 2.50 bits per heavy atom. The summed E-state index contributed by atoms with van der Waals surface area (Å²) in [6.45, 7) is 4.21. The molecule has 2 aliphatic carbocycles. The van der Waals surface area contributed by atoms with Gasteiger partial charge in [-0.15, -0.1) is 16.4 Å². The Balaban J connectivity index is 1.26. The minimum absolute atomic E-state index is 0.141. The van der Waals surface area contributed by atoms with E-state index in [9.17, 15) is 9.59 Å². The highest BCUT2D eigenvalue weighted by molar-refractivity contribution is 7.09. The number of carbonyl (C=O) groups is 2. The van der Waals surface area contributed by atoms with Crippen LogP contribution < -0.4 is 5.32 Å². The molecule has 2 heterocycles. The van der Waals surface area contributed by atoms with Gasteiger partial charge in [0.2, 0.25) is 0 Å². The largest absolute Gasteiger partial charge is 0.426 e. The lowest BCUT2D eigenvalue weighted by atomic mass is 9.94. The van der Waals surface area contributed by atoms with Crippen molar-refractivity contribution in [3.05, 3.63) is 16.1 Å². The third kappa shape index (κ3) is 6.22. The topological polar surface area (TPSA) is 74.8 Å². The van der Waals surface area contributed by atoms with E-state index in [0.29, 0.717) is 43.3 Å². The molecule has 0 unspecified atom stereocenters. The first-order valence-corrected chi connectivity index (χ1v) is 13.5. The maximum Gasteiger partial charge on any atom is 0.426 e. The quantitative estimate of drug-likeness (QED) is 0.517. The van der Waals surface area contributed by atoms with Crippen molar-refractivity contribution in [2.75, 3.05) is 19.6 Å². The Kier molecular flexibility index (Phi) is 8.41. The van der Waals surface area contributed by atoms with Crippen LogP contribution >= 0.6 is 11.3 Å². The maximum atomic E-state index is 13.3. The lowest BCUT2D eigenvalue weighted by molar-refractivity contribution is -0.113. The number of carbonyl (C=O) groups excluding carboxylic acids is 2. The average Bonchev–Trinajstić information content (AvgIpc) is 3.52. The van der Waals surface area contributed by atoms with E-state index in [1.54, 1.807) is 16.4 Å². The molecule has 0 aromatic carbocycles. The monoisotopic (exact) mass is 462 g/mol. The van der Waals surface area contributed by atoms with E-state index in [2.05, 4.69) is 17.1 Å². The van der Waals surface area contributed by atoms with Crippen LogP contribution in [0.3, 0.4) is 0 Å². The number of rotatable bonds is 9. The van der Waals surface area contributed by atoms with Crippen LogP contribution in [0, 0.1) is 0 Å². The molecule has 178 valence electrons. The van der Waals surface area contributed by atoms with E-state index >= 15 is 0 Å². The van der Waals surface area contributed by atoms with Crippen molar-refractivity contribution < 1.29 is 14.4 Å². The molecule has 0 spiro atoms. The van der Waals surface area contributed by atoms with Crippen molar-refractivity contribution >= 4 is 23.3 Å². The van der Waals surface area contributed by atoms with E-state index in [-0.39, 0.29) is 12.0 Å². The summed E-state index contributed by atoms with van der Waals surface area (Å²) in [5, 5.41) is 7.59. The maximum absolute atomic E-state index is 13.3. The van der Waals surface area contributed by atoms with Crippen LogP contribution in [0.2, 0.25) is 0 Å². The van der Waals surface area contributed by atoms with E-state index in [4.69, 9.17) is 9.82 Å². The standard InChI is InChI=1S/C24H38N4O3S/c1-2-3-7-14-25-24(30)31-27-15-12-18(13-16-27)22-26-21(17-32-22)23(29)28(20-10-11-20)19-8-5-4-6-9-19/h17-20H,2-16H2,1H3,(H,25,30). The van der Waals surface area contributed by atoms with E-state index < -0.39 is 0 Å². The number of thiazole rings is 1. The van der Waals surface area contributed by atoms with Crippen LogP contribution in [-0.2, 0) is 4.84 Å². The summed E-state index contributed by atoms with van der Waals surface area (Å²) in [6.07, 6.45) is 13.0. The van der Waals surface area contributed by atoms with Gasteiger partial charge in [-0.05, 0) is 44.9 Å². The van der Waals surface area contributed by atoms with E-state index in [1.807, 2.05) is 5.38 Å². The average molecular weight is 463 g/mol. The van der Waals surface area contributed by atoms with Crippen molar-refractivity contribution in [3.8, 4) is 0 Å². The summed E-state index contributed by atoms with van der Waals surface area (Å²) in [6, 6.07) is 0.840. The van der Waals surface area contributed by atoms with Crippen LogP contribution in [0.15, 0.2) is 5.38 Å². The van der Waals surface area contributed by atoms with Gasteiger partial charge in [0.05, 0.1) is 5.01 Å². The number of piperidine rings is 1. The first-order chi connectivity index (χ1) is 15.7. The minimum atomic E-state index is -0.357. The molecule has 7 nitrogen and oxygen atoms in total. The van der Waals surface area contributed by atoms with Gasteiger partial charge in [0.1, 0.15) is 5.69 Å². The van der Waals surface area contributed by atoms with Gasteiger partial charge >= 0.3 is 6.09 Å². The van der Waals surface area contributed by atoms with Gasteiger partial charge in [-0.25, -0.2) is 9.78 Å². The van der Waals surface area contributed by atoms with Gasteiger partial charge in [-0.3, -0.25) is 4.79 Å². The molecule has 0 bridgehead atoms. The number of nitrogens with one attached hydrogen (secondary N) is 1. The van der Waals surface area contributed by atoms with Gasteiger partial charge < -0.3 is 15.1 Å². The van der Waals surface area contributed by atoms with Crippen molar-refractivity contribution in [2.45, 2.75) is 102 Å². The molecule has 3 fully saturated rings. The van der Waals surface area contributed by atoms with Gasteiger partial charge in [-0.1, -0.05) is 39.0 Å². The normalized spacial score (nSPS) is 20.8. The van der Waals surface area contributed by atoms with Crippen molar-refractivity contribution in [1.29, 1.82) is 0 Å². The third-order valence-corrected chi connectivity index (χ3v) is 7.96. The highest BCUT2D eigenvalue weighted by Gasteiger charge is 2.39. The molecule has 1 aromatic rings. The number of hydroxylamine groups is 2. The second-order valence-corrected chi connectivity index (χ2v) is 10.4. The molecule has 1 saturated heterocycles. The van der Waals surface area contributed by atoms with Crippen LogP contribution in [0.5, 0.6) is 0 Å². The molecule has 1 N–H and O–H groups in total. The molecule has 4 rings (SSSR count). The van der Waals surface area contributed by atoms with Gasteiger partial charge in [0.15, 0.2) is 0 Å². The fraction of sp³-hybridized carbons (Fsp3) is 0.792. The van der Waals surface area contributed by atoms with Crippen LogP contribution in [0.4, 0.5) is 4.79 Å². The Morgan fingerprint density at radius 1 is 1.09 bits per heavy atom. The first-order valence-electron chi connectivity index (χ1n) is 12.6. The molecule has 3 aliphatic rings. The van der Waals surface area contributed by atoms with E-state index in [1.165, 1.54) is 19.3 Å². The molecule has 32 heavy (non-hydrogen) atoms. The molecule has 1 aromatic heterocycles. The second kappa shape index (κ2) is 11.5. The number of aromatic nitrogens is 1. The Morgan fingerprint density at radius 2 is 1.81 bits per heavy atom. The fourth-order valence-electron chi connectivity index (χ4n) is 4.96. The van der Waals surface area contributed by atoms with Crippen LogP contribution in [0.1, 0.15) is 105 Å². The first kappa shape index (κ1) is 23.5. The molecular weight excluding hydrogens is 424 g/mol. The number of amides is 2. The van der Waals surface area contributed by atoms with Crippen molar-refractivity contribution in [3.63, 3.8) is 0 Å². The lowest BCUT2D eigenvalue weighted by Crippen LogP contribution is -2.43. The van der Waals surface area contributed by atoms with E-state index in [0.717, 1.165) is 62.8 Å². The minimum Gasteiger partial charge on any atom is -0.351 e. The van der Waals surface area contributed by atoms with Gasteiger partial charge in [0, 0.05) is 43.0 Å². The Labute approximate surface area is 195 Å². The zero-order valence-corrected chi connectivity index (χ0v) is 20.2. The predicted molar refractivity (Wildman–Crippen MR) is 126 cm³/mol. The zero-order valence-electron chi connectivity index (χ0n) is 19.4. The zero-order chi connectivity index (χ0) is 22.3. The predicted octanol–water partition coefficient (Wildman–Crippen LogP) is 5.09. The van der Waals surface area contributed by atoms with Gasteiger partial charge in [-0.2, -0.15) is 0 Å². The van der Waals surface area contributed by atoms with Crippen molar-refractivity contribution in [1.82, 2.24) is 20.3 Å². The van der Waals surface area contributed by atoms with Crippen LogP contribution in [-0.4, -0.2) is 58.7 Å². The number of hydrogen-bond donors (Lipinski definition) is 1. The fourth-order valence-corrected chi connectivity index (χ4v) is 5.92. The molecule has 1 aliphatic heterocycles. The summed E-state index contributed by atoms with van der Waals surface area (Å²) in [7, 11) is 0. The summed E-state index contributed by atoms with van der Waals surface area (Å²) in [4.78, 5) is 37.7. The van der Waals surface area contributed by atoms with Gasteiger partial charge in [0.25, 0.3) is 5.91 Å². The Bertz CT molecular complexity index is 752. The lowest BCUT2D eigenvalue weighted by Gasteiger charge is -2.34. The highest BCUT2D eigenvalue weighted by atomic mass is 32.1. The number of nitrogens with zero attached hydrogens (tertiary/aromatic N) is 3. The Hall–Kier alpha value is -1.67.